The molecule has 1 aliphatic heterocycles. The number of carbonyl (C=O) groups excluding carboxylic acids is 2. The highest BCUT2D eigenvalue weighted by Gasteiger charge is 2.48. The first-order chi connectivity index (χ1) is 17.4. The molecule has 1 fully saturated rings. The molecule has 1 N–H and O–H groups in total. The van der Waals surface area contributed by atoms with E-state index in [4.69, 9.17) is 0 Å². The summed E-state index contributed by atoms with van der Waals surface area (Å²) in [6, 6.07) is 21.4. The maximum atomic E-state index is 13.7. The Kier molecular flexibility index (Phi) is 6.67. The van der Waals surface area contributed by atoms with E-state index in [1.165, 1.54) is 52.3 Å². The van der Waals surface area contributed by atoms with Crippen molar-refractivity contribution in [3.8, 4) is 0 Å². The van der Waals surface area contributed by atoms with Crippen LogP contribution in [0, 0.1) is 12.7 Å². The molecule has 0 spiro atoms. The van der Waals surface area contributed by atoms with Crippen LogP contribution in [0.25, 0.3) is 5.76 Å². The number of anilines is 1. The maximum Gasteiger partial charge on any atom is 0.301 e. The number of rotatable bonds is 6. The van der Waals surface area contributed by atoms with Crippen LogP contribution in [0.2, 0.25) is 0 Å². The Morgan fingerprint density at radius 2 is 1.69 bits per heavy atom. The number of Topliss-reactive ketones (excluding diaryl/α,β-unsaturated/α-hetero) is 1. The molecule has 1 aliphatic rings. The van der Waals surface area contributed by atoms with Gasteiger partial charge in [-0.3, -0.25) is 14.5 Å². The van der Waals surface area contributed by atoms with Crippen molar-refractivity contribution in [2.75, 3.05) is 4.90 Å². The SMILES string of the molecule is Cc1ccc(/C(O)=C2/C(=O)C(=O)N(c3nnc(SCc4ccccc4)s3)C2c2ccc(F)cc2)cc1. The number of aliphatic hydroxyl groups is 1. The van der Waals surface area contributed by atoms with Crippen molar-refractivity contribution < 1.29 is 19.1 Å². The van der Waals surface area contributed by atoms with Crippen LogP contribution in [0.15, 0.2) is 88.8 Å². The summed E-state index contributed by atoms with van der Waals surface area (Å²) in [5.41, 5.74) is 2.89. The van der Waals surface area contributed by atoms with Crippen molar-refractivity contribution >= 4 is 45.7 Å². The van der Waals surface area contributed by atoms with Gasteiger partial charge in [0.2, 0.25) is 5.13 Å². The second-order valence-corrected chi connectivity index (χ2v) is 10.4. The summed E-state index contributed by atoms with van der Waals surface area (Å²) in [5, 5.41) is 19.8. The van der Waals surface area contributed by atoms with Crippen LogP contribution in [-0.2, 0) is 15.3 Å². The topological polar surface area (TPSA) is 83.4 Å². The largest absolute Gasteiger partial charge is 0.507 e. The predicted molar refractivity (Wildman–Crippen MR) is 138 cm³/mol. The number of aryl methyl sites for hydroxylation is 1. The van der Waals surface area contributed by atoms with Crippen LogP contribution in [0.1, 0.15) is 28.3 Å². The number of amides is 1. The highest BCUT2D eigenvalue weighted by molar-refractivity contribution is 8.00. The van der Waals surface area contributed by atoms with Gasteiger partial charge in [0.15, 0.2) is 4.34 Å². The molecule has 1 saturated heterocycles. The molecule has 1 amide bonds. The van der Waals surface area contributed by atoms with Crippen molar-refractivity contribution in [3.05, 3.63) is 113 Å². The van der Waals surface area contributed by atoms with E-state index in [2.05, 4.69) is 10.2 Å². The van der Waals surface area contributed by atoms with Gasteiger partial charge < -0.3 is 5.11 Å². The summed E-state index contributed by atoms with van der Waals surface area (Å²) >= 11 is 2.65. The normalized spacial score (nSPS) is 17.1. The molecule has 2 heterocycles. The number of thioether (sulfide) groups is 1. The van der Waals surface area contributed by atoms with E-state index in [1.807, 2.05) is 37.3 Å². The van der Waals surface area contributed by atoms with Crippen LogP contribution in [-0.4, -0.2) is 27.0 Å². The first-order valence-corrected chi connectivity index (χ1v) is 12.9. The van der Waals surface area contributed by atoms with Crippen LogP contribution in [0.4, 0.5) is 9.52 Å². The molecule has 5 rings (SSSR count). The molecule has 6 nitrogen and oxygen atoms in total. The minimum Gasteiger partial charge on any atom is -0.507 e. The van der Waals surface area contributed by atoms with E-state index in [0.717, 1.165) is 11.1 Å². The fraction of sp³-hybridized carbons (Fsp3) is 0.111. The maximum absolute atomic E-state index is 13.7. The lowest BCUT2D eigenvalue weighted by Gasteiger charge is -2.22. The molecule has 0 radical (unpaired) electrons. The van der Waals surface area contributed by atoms with Gasteiger partial charge in [0.25, 0.3) is 5.78 Å². The molecule has 36 heavy (non-hydrogen) atoms. The van der Waals surface area contributed by atoms with E-state index in [1.54, 1.807) is 24.3 Å². The summed E-state index contributed by atoms with van der Waals surface area (Å²) in [6.45, 7) is 1.91. The number of aromatic nitrogens is 2. The smallest absolute Gasteiger partial charge is 0.301 e. The lowest BCUT2D eigenvalue weighted by molar-refractivity contribution is -0.132. The molecular formula is C27H20FN3O3S2. The Morgan fingerprint density at radius 3 is 2.39 bits per heavy atom. The molecule has 1 unspecified atom stereocenters. The average molecular weight is 518 g/mol. The van der Waals surface area contributed by atoms with Crippen LogP contribution < -0.4 is 4.90 Å². The number of nitrogens with zero attached hydrogens (tertiary/aromatic N) is 3. The van der Waals surface area contributed by atoms with Crippen molar-refractivity contribution in [2.45, 2.75) is 23.1 Å². The summed E-state index contributed by atoms with van der Waals surface area (Å²) in [6.07, 6.45) is 0. The monoisotopic (exact) mass is 517 g/mol. The summed E-state index contributed by atoms with van der Waals surface area (Å²) in [4.78, 5) is 27.7. The number of aliphatic hydroxyl groups excluding tert-OH is 1. The predicted octanol–water partition coefficient (Wildman–Crippen LogP) is 5.90. The zero-order valence-corrected chi connectivity index (χ0v) is 20.7. The molecule has 4 aromatic rings. The lowest BCUT2D eigenvalue weighted by atomic mass is 9.95. The molecule has 180 valence electrons. The minimum absolute atomic E-state index is 0.0795. The Bertz CT molecular complexity index is 1450. The Hall–Kier alpha value is -3.82. The van der Waals surface area contributed by atoms with Gasteiger partial charge in [0, 0.05) is 11.3 Å². The molecule has 0 saturated carbocycles. The van der Waals surface area contributed by atoms with E-state index >= 15 is 0 Å². The van der Waals surface area contributed by atoms with Crippen LogP contribution in [0.5, 0.6) is 0 Å². The van der Waals surface area contributed by atoms with E-state index in [9.17, 15) is 19.1 Å². The molecule has 3 aromatic carbocycles. The Balaban J connectivity index is 1.55. The van der Waals surface area contributed by atoms with E-state index in [0.29, 0.717) is 21.2 Å². The number of halogens is 1. The third-order valence-corrected chi connectivity index (χ3v) is 7.89. The Labute approximate surface area is 215 Å². The number of hydrogen-bond acceptors (Lipinski definition) is 7. The van der Waals surface area contributed by atoms with E-state index < -0.39 is 23.5 Å². The van der Waals surface area contributed by atoms with Crippen LogP contribution >= 0.6 is 23.1 Å². The third kappa shape index (κ3) is 4.67. The van der Waals surface area contributed by atoms with Gasteiger partial charge >= 0.3 is 5.91 Å². The quantitative estimate of drug-likeness (QED) is 0.113. The standard InChI is InChI=1S/C27H20FN3O3S2/c1-16-7-9-19(10-8-16)23(32)21-22(18-11-13-20(28)14-12-18)31(25(34)24(21)33)26-29-30-27(36-26)35-15-17-5-3-2-4-6-17/h2-14,22,32H,15H2,1H3/b23-21-. The highest BCUT2D eigenvalue weighted by atomic mass is 32.2. The van der Waals surface area contributed by atoms with E-state index in [-0.39, 0.29) is 16.5 Å². The fourth-order valence-electron chi connectivity index (χ4n) is 3.93. The van der Waals surface area contributed by atoms with Crippen molar-refractivity contribution in [2.24, 2.45) is 0 Å². The van der Waals surface area contributed by atoms with Gasteiger partial charge in [-0.25, -0.2) is 4.39 Å². The molecule has 9 heteroatoms. The fourth-order valence-corrected chi connectivity index (χ4v) is 5.76. The van der Waals surface area contributed by atoms with Gasteiger partial charge in [0.05, 0.1) is 11.6 Å². The molecule has 0 bridgehead atoms. The van der Waals surface area contributed by atoms with Crippen molar-refractivity contribution in [3.63, 3.8) is 0 Å². The number of ketones is 1. The summed E-state index contributed by atoms with van der Waals surface area (Å²) in [7, 11) is 0. The second kappa shape index (κ2) is 10.0. The first kappa shape index (κ1) is 23.9. The minimum atomic E-state index is -0.980. The van der Waals surface area contributed by atoms with Crippen molar-refractivity contribution in [1.82, 2.24) is 10.2 Å². The number of carbonyl (C=O) groups is 2. The Morgan fingerprint density at radius 1 is 1.00 bits per heavy atom. The number of hydrogen-bond donors (Lipinski definition) is 1. The van der Waals surface area contributed by atoms with Gasteiger partial charge in [-0.05, 0) is 30.2 Å². The van der Waals surface area contributed by atoms with Gasteiger partial charge in [-0.15, -0.1) is 10.2 Å². The number of benzene rings is 3. The second-order valence-electron chi connectivity index (χ2n) is 8.21. The average Bonchev–Trinajstić information content (AvgIpc) is 3.46. The zero-order valence-electron chi connectivity index (χ0n) is 19.1. The van der Waals surface area contributed by atoms with Gasteiger partial charge in [-0.1, -0.05) is 95.4 Å². The molecule has 1 aromatic heterocycles. The summed E-state index contributed by atoms with van der Waals surface area (Å²) < 4.78 is 14.3. The van der Waals surface area contributed by atoms with Gasteiger partial charge in [-0.2, -0.15) is 0 Å². The van der Waals surface area contributed by atoms with Gasteiger partial charge in [0.1, 0.15) is 11.6 Å². The first-order valence-electron chi connectivity index (χ1n) is 11.1. The summed E-state index contributed by atoms with van der Waals surface area (Å²) in [5.74, 6) is -1.74. The third-order valence-electron chi connectivity index (χ3n) is 5.76. The highest BCUT2D eigenvalue weighted by Crippen LogP contribution is 2.44. The lowest BCUT2D eigenvalue weighted by Crippen LogP contribution is -2.29. The molecule has 1 atom stereocenters. The molecule has 0 aliphatic carbocycles. The molecular weight excluding hydrogens is 497 g/mol. The van der Waals surface area contributed by atoms with Crippen molar-refractivity contribution in [1.29, 1.82) is 0 Å². The van der Waals surface area contributed by atoms with Crippen LogP contribution in [0.3, 0.4) is 0 Å². The zero-order chi connectivity index (χ0) is 25.2.